The Kier molecular flexibility index (Phi) is 5.93. The summed E-state index contributed by atoms with van der Waals surface area (Å²) in [7, 11) is 0. The van der Waals surface area contributed by atoms with Gasteiger partial charge in [-0.1, -0.05) is 26.2 Å². The molecule has 1 heterocycles. The molecule has 0 spiro atoms. The molecule has 3 heteroatoms. The third-order valence-corrected chi connectivity index (χ3v) is 4.42. The normalized spacial score (nSPS) is 26.3. The van der Waals surface area contributed by atoms with E-state index in [1.54, 1.807) is 0 Å². The first-order valence-corrected chi connectivity index (χ1v) is 7.76. The molecule has 0 unspecified atom stereocenters. The monoisotopic (exact) mass is 255 g/mol. The van der Waals surface area contributed by atoms with E-state index in [-0.39, 0.29) is 6.10 Å². The van der Waals surface area contributed by atoms with E-state index >= 15 is 0 Å². The van der Waals surface area contributed by atoms with Crippen molar-refractivity contribution in [3.8, 4) is 0 Å². The maximum absolute atomic E-state index is 10.0. The van der Waals surface area contributed by atoms with Gasteiger partial charge >= 0.3 is 0 Å². The fourth-order valence-electron chi connectivity index (χ4n) is 3.07. The number of nitrogens with zero attached hydrogens (tertiary/aromatic N) is 1. The van der Waals surface area contributed by atoms with E-state index in [0.717, 1.165) is 25.6 Å². The van der Waals surface area contributed by atoms with Crippen LogP contribution in [0.15, 0.2) is 0 Å². The molecule has 0 radical (unpaired) electrons. The van der Waals surface area contributed by atoms with Crippen molar-refractivity contribution in [2.24, 2.45) is 5.92 Å². The Hall–Kier alpha value is -0.120. The van der Waals surface area contributed by atoms with Gasteiger partial charge in [0.2, 0.25) is 0 Å². The lowest BCUT2D eigenvalue weighted by molar-refractivity contribution is -0.0355. The molecular formula is C15H29NO2. The predicted octanol–water partition coefficient (Wildman–Crippen LogP) is 2.43. The standard InChI is InChI=1S/C15H29NO2/c1-13-7-9-16(10-8-13)11-14(17)12-18-15-5-3-2-4-6-15/h13-15,17H,2-12H2,1H3/t14-/m0/s1. The van der Waals surface area contributed by atoms with E-state index in [2.05, 4.69) is 11.8 Å². The van der Waals surface area contributed by atoms with Gasteiger partial charge in [-0.3, -0.25) is 0 Å². The maximum Gasteiger partial charge on any atom is 0.0900 e. The summed E-state index contributed by atoms with van der Waals surface area (Å²) < 4.78 is 5.83. The van der Waals surface area contributed by atoms with E-state index in [1.807, 2.05) is 0 Å². The second kappa shape index (κ2) is 7.46. The summed E-state index contributed by atoms with van der Waals surface area (Å²) in [6.45, 7) is 5.92. The van der Waals surface area contributed by atoms with Gasteiger partial charge in [-0.2, -0.15) is 0 Å². The van der Waals surface area contributed by atoms with Crippen LogP contribution in [-0.4, -0.2) is 48.5 Å². The predicted molar refractivity (Wildman–Crippen MR) is 73.7 cm³/mol. The molecule has 0 bridgehead atoms. The number of rotatable bonds is 5. The van der Waals surface area contributed by atoms with Crippen molar-refractivity contribution >= 4 is 0 Å². The van der Waals surface area contributed by atoms with Crippen LogP contribution >= 0.6 is 0 Å². The Balaban J connectivity index is 1.58. The molecule has 106 valence electrons. The lowest BCUT2D eigenvalue weighted by atomic mass is 9.98. The highest BCUT2D eigenvalue weighted by atomic mass is 16.5. The van der Waals surface area contributed by atoms with Crippen LogP contribution in [0.5, 0.6) is 0 Å². The summed E-state index contributed by atoms with van der Waals surface area (Å²) in [6, 6.07) is 0. The van der Waals surface area contributed by atoms with Crippen LogP contribution in [0.4, 0.5) is 0 Å². The van der Waals surface area contributed by atoms with Crippen molar-refractivity contribution in [2.75, 3.05) is 26.2 Å². The number of hydrogen-bond acceptors (Lipinski definition) is 3. The Morgan fingerprint density at radius 2 is 1.78 bits per heavy atom. The Bertz CT molecular complexity index is 221. The highest BCUT2D eigenvalue weighted by Gasteiger charge is 2.20. The van der Waals surface area contributed by atoms with Gasteiger partial charge in [-0.15, -0.1) is 0 Å². The Morgan fingerprint density at radius 3 is 2.44 bits per heavy atom. The summed E-state index contributed by atoms with van der Waals surface area (Å²) >= 11 is 0. The first-order valence-electron chi connectivity index (χ1n) is 7.76. The van der Waals surface area contributed by atoms with Crippen molar-refractivity contribution < 1.29 is 9.84 Å². The van der Waals surface area contributed by atoms with Crippen LogP contribution in [0.2, 0.25) is 0 Å². The van der Waals surface area contributed by atoms with Crippen LogP contribution < -0.4 is 0 Å². The first-order chi connectivity index (χ1) is 8.74. The number of ether oxygens (including phenoxy) is 1. The molecule has 1 saturated carbocycles. The number of hydrogen-bond donors (Lipinski definition) is 1. The molecule has 1 N–H and O–H groups in total. The van der Waals surface area contributed by atoms with E-state index in [4.69, 9.17) is 4.74 Å². The molecule has 1 aliphatic heterocycles. The zero-order chi connectivity index (χ0) is 12.8. The molecule has 2 rings (SSSR count). The van der Waals surface area contributed by atoms with E-state index in [9.17, 15) is 5.11 Å². The minimum atomic E-state index is -0.305. The molecule has 0 aromatic rings. The maximum atomic E-state index is 10.0. The first kappa shape index (κ1) is 14.3. The second-order valence-electron chi connectivity index (χ2n) is 6.23. The van der Waals surface area contributed by atoms with Crippen molar-refractivity contribution in [3.63, 3.8) is 0 Å². The van der Waals surface area contributed by atoms with Crippen molar-refractivity contribution in [1.29, 1.82) is 0 Å². The molecular weight excluding hydrogens is 226 g/mol. The van der Waals surface area contributed by atoms with E-state index in [1.165, 1.54) is 44.9 Å². The summed E-state index contributed by atoms with van der Waals surface area (Å²) in [5.41, 5.74) is 0. The summed E-state index contributed by atoms with van der Waals surface area (Å²) in [4.78, 5) is 2.38. The summed E-state index contributed by atoms with van der Waals surface area (Å²) in [5, 5.41) is 10.0. The fourth-order valence-corrected chi connectivity index (χ4v) is 3.07. The molecule has 3 nitrogen and oxygen atoms in total. The largest absolute Gasteiger partial charge is 0.389 e. The molecule has 1 aliphatic carbocycles. The van der Waals surface area contributed by atoms with Gasteiger partial charge in [0.15, 0.2) is 0 Å². The molecule has 2 aliphatic rings. The fraction of sp³-hybridized carbons (Fsp3) is 1.00. The van der Waals surface area contributed by atoms with Gasteiger partial charge in [-0.05, 0) is 44.7 Å². The zero-order valence-corrected chi connectivity index (χ0v) is 11.8. The lowest BCUT2D eigenvalue weighted by Gasteiger charge is -2.32. The Labute approximate surface area is 112 Å². The minimum Gasteiger partial charge on any atom is -0.389 e. The molecule has 18 heavy (non-hydrogen) atoms. The second-order valence-corrected chi connectivity index (χ2v) is 6.23. The average molecular weight is 255 g/mol. The highest BCUT2D eigenvalue weighted by Crippen LogP contribution is 2.20. The van der Waals surface area contributed by atoms with Crippen molar-refractivity contribution in [2.45, 2.75) is 64.1 Å². The van der Waals surface area contributed by atoms with Crippen LogP contribution in [0, 0.1) is 5.92 Å². The quantitative estimate of drug-likeness (QED) is 0.819. The summed E-state index contributed by atoms with van der Waals surface area (Å²) in [5.74, 6) is 0.858. The van der Waals surface area contributed by atoms with Gasteiger partial charge < -0.3 is 14.7 Å². The molecule has 0 aromatic carbocycles. The highest BCUT2D eigenvalue weighted by molar-refractivity contribution is 4.73. The van der Waals surface area contributed by atoms with E-state index < -0.39 is 0 Å². The molecule has 2 fully saturated rings. The van der Waals surface area contributed by atoms with Gasteiger partial charge in [0.1, 0.15) is 0 Å². The third-order valence-electron chi connectivity index (χ3n) is 4.42. The number of aliphatic hydroxyl groups is 1. The van der Waals surface area contributed by atoms with Gasteiger partial charge in [0, 0.05) is 6.54 Å². The molecule has 0 amide bonds. The molecule has 0 aromatic heterocycles. The van der Waals surface area contributed by atoms with E-state index in [0.29, 0.717) is 12.7 Å². The minimum absolute atomic E-state index is 0.305. The van der Waals surface area contributed by atoms with Crippen molar-refractivity contribution in [1.82, 2.24) is 4.90 Å². The van der Waals surface area contributed by atoms with Gasteiger partial charge in [0.05, 0.1) is 18.8 Å². The smallest absolute Gasteiger partial charge is 0.0900 e. The number of piperidine rings is 1. The molecule has 1 atom stereocenters. The topological polar surface area (TPSA) is 32.7 Å². The third kappa shape index (κ3) is 4.87. The van der Waals surface area contributed by atoms with Crippen molar-refractivity contribution in [3.05, 3.63) is 0 Å². The number of likely N-dealkylation sites (tertiary alicyclic amines) is 1. The lowest BCUT2D eigenvalue weighted by Crippen LogP contribution is -2.40. The van der Waals surface area contributed by atoms with Crippen LogP contribution in [0.25, 0.3) is 0 Å². The van der Waals surface area contributed by atoms with Crippen LogP contribution in [0.1, 0.15) is 51.9 Å². The molecule has 1 saturated heterocycles. The van der Waals surface area contributed by atoms with Crippen LogP contribution in [-0.2, 0) is 4.74 Å². The zero-order valence-electron chi connectivity index (χ0n) is 11.8. The Morgan fingerprint density at radius 1 is 1.11 bits per heavy atom. The average Bonchev–Trinajstić information content (AvgIpc) is 2.40. The number of aliphatic hydroxyl groups excluding tert-OH is 1. The van der Waals surface area contributed by atoms with Crippen LogP contribution in [0.3, 0.4) is 0 Å². The summed E-state index contributed by atoms with van der Waals surface area (Å²) in [6.07, 6.45) is 8.98. The van der Waals surface area contributed by atoms with Gasteiger partial charge in [0.25, 0.3) is 0 Å². The number of β-amino-alcohol motifs (C(OH)–C–C–N with tert-alkyl or cyclic N) is 1. The SMILES string of the molecule is CC1CCN(C[C@H](O)COC2CCCCC2)CC1. The van der Waals surface area contributed by atoms with Gasteiger partial charge in [-0.25, -0.2) is 0 Å².